The van der Waals surface area contributed by atoms with Gasteiger partial charge < -0.3 is 0 Å². The largest absolute Gasteiger partial charge is 0.238 e. The maximum atomic E-state index is 4.38. The quantitative estimate of drug-likeness (QED) is 0.544. The van der Waals surface area contributed by atoms with Crippen LogP contribution in [0.5, 0.6) is 0 Å². The lowest BCUT2D eigenvalue weighted by Crippen LogP contribution is -2.00. The Morgan fingerprint density at radius 2 is 1.47 bits per heavy atom. The van der Waals surface area contributed by atoms with Crippen LogP contribution >= 0.6 is 11.8 Å². The highest BCUT2D eigenvalue weighted by atomic mass is 32.2. The molecular formula is C10H12N4S. The van der Waals surface area contributed by atoms with Crippen LogP contribution in [-0.4, -0.2) is 26.2 Å². The van der Waals surface area contributed by atoms with E-state index in [9.17, 15) is 0 Å². The van der Waals surface area contributed by atoms with E-state index in [0.717, 1.165) is 33.4 Å². The van der Waals surface area contributed by atoms with E-state index in [1.807, 2.05) is 27.0 Å². The molecule has 0 aliphatic carbocycles. The molecule has 15 heavy (non-hydrogen) atoms. The summed E-state index contributed by atoms with van der Waals surface area (Å²) in [7, 11) is 0. The fourth-order valence-corrected chi connectivity index (χ4v) is 2.22. The van der Waals surface area contributed by atoms with Crippen molar-refractivity contribution in [2.75, 3.05) is 6.26 Å². The first-order valence-corrected chi connectivity index (χ1v) is 5.88. The molecule has 78 valence electrons. The Kier molecular flexibility index (Phi) is 2.56. The Labute approximate surface area is 92.6 Å². The molecule has 0 bridgehead atoms. The van der Waals surface area contributed by atoms with Gasteiger partial charge in [-0.25, -0.2) is 19.9 Å². The first kappa shape index (κ1) is 10.3. The van der Waals surface area contributed by atoms with Gasteiger partial charge >= 0.3 is 0 Å². The highest BCUT2D eigenvalue weighted by molar-refractivity contribution is 7.98. The summed E-state index contributed by atoms with van der Waals surface area (Å²) in [5.41, 5.74) is 1.69. The first-order valence-electron chi connectivity index (χ1n) is 4.65. The topological polar surface area (TPSA) is 51.6 Å². The van der Waals surface area contributed by atoms with Crippen LogP contribution in [0.3, 0.4) is 0 Å². The summed E-state index contributed by atoms with van der Waals surface area (Å²) in [5, 5.41) is 1.92. The lowest BCUT2D eigenvalue weighted by atomic mass is 10.3. The summed E-state index contributed by atoms with van der Waals surface area (Å²) in [6.07, 6.45) is 2.00. The van der Waals surface area contributed by atoms with Crippen LogP contribution in [0, 0.1) is 20.8 Å². The Bertz CT molecular complexity index is 519. The van der Waals surface area contributed by atoms with Crippen molar-refractivity contribution in [2.24, 2.45) is 0 Å². The predicted octanol–water partition coefficient (Wildman–Crippen LogP) is 2.07. The van der Waals surface area contributed by atoms with Crippen molar-refractivity contribution in [3.05, 3.63) is 17.3 Å². The summed E-state index contributed by atoms with van der Waals surface area (Å²) in [6, 6.07) is 0. The molecule has 2 aromatic heterocycles. The van der Waals surface area contributed by atoms with Crippen molar-refractivity contribution < 1.29 is 0 Å². The normalized spacial score (nSPS) is 10.9. The highest BCUT2D eigenvalue weighted by Gasteiger charge is 2.10. The number of hydrogen-bond acceptors (Lipinski definition) is 5. The van der Waals surface area contributed by atoms with E-state index in [1.165, 1.54) is 0 Å². The minimum atomic E-state index is 0.747. The summed E-state index contributed by atoms with van der Waals surface area (Å²) >= 11 is 1.60. The second kappa shape index (κ2) is 3.73. The summed E-state index contributed by atoms with van der Waals surface area (Å²) in [6.45, 7) is 5.73. The summed E-state index contributed by atoms with van der Waals surface area (Å²) < 4.78 is 0. The summed E-state index contributed by atoms with van der Waals surface area (Å²) in [4.78, 5) is 17.4. The number of thioether (sulfide) groups is 1. The van der Waals surface area contributed by atoms with E-state index in [0.29, 0.717) is 0 Å². The number of rotatable bonds is 1. The third-order valence-electron chi connectivity index (χ3n) is 2.12. The molecule has 5 heteroatoms. The van der Waals surface area contributed by atoms with Gasteiger partial charge in [0.05, 0.1) is 11.1 Å². The fraction of sp³-hybridized carbons (Fsp3) is 0.400. The Balaban J connectivity index is 2.90. The van der Waals surface area contributed by atoms with E-state index in [4.69, 9.17) is 0 Å². The van der Waals surface area contributed by atoms with Gasteiger partial charge in [0.2, 0.25) is 0 Å². The van der Waals surface area contributed by atoms with E-state index in [-0.39, 0.29) is 0 Å². The molecule has 0 aliphatic heterocycles. The second-order valence-corrected chi connectivity index (χ2v) is 4.13. The Morgan fingerprint density at radius 3 is 2.07 bits per heavy atom. The molecule has 2 rings (SSSR count). The number of aryl methyl sites for hydroxylation is 3. The van der Waals surface area contributed by atoms with Crippen molar-refractivity contribution in [2.45, 2.75) is 25.8 Å². The Morgan fingerprint density at radius 1 is 0.867 bits per heavy atom. The van der Waals surface area contributed by atoms with Crippen LogP contribution in [0.25, 0.3) is 11.0 Å². The zero-order valence-electron chi connectivity index (χ0n) is 9.20. The average molecular weight is 220 g/mol. The van der Waals surface area contributed by atoms with Crippen LogP contribution < -0.4 is 0 Å². The van der Waals surface area contributed by atoms with Crippen molar-refractivity contribution >= 4 is 22.8 Å². The van der Waals surface area contributed by atoms with E-state index in [1.54, 1.807) is 11.8 Å². The molecule has 0 saturated carbocycles. The average Bonchev–Trinajstić information content (AvgIpc) is 2.14. The van der Waals surface area contributed by atoms with Gasteiger partial charge in [-0.1, -0.05) is 0 Å². The molecule has 0 aliphatic rings. The zero-order valence-corrected chi connectivity index (χ0v) is 10.0. The minimum Gasteiger partial charge on any atom is -0.238 e. The molecule has 0 saturated heterocycles. The van der Waals surface area contributed by atoms with E-state index in [2.05, 4.69) is 19.9 Å². The number of hydrogen-bond donors (Lipinski definition) is 0. The molecule has 2 aromatic rings. The Hall–Kier alpha value is -1.23. The zero-order chi connectivity index (χ0) is 11.0. The third-order valence-corrected chi connectivity index (χ3v) is 2.80. The van der Waals surface area contributed by atoms with E-state index >= 15 is 0 Å². The van der Waals surface area contributed by atoms with Gasteiger partial charge in [0, 0.05) is 0 Å². The van der Waals surface area contributed by atoms with Crippen molar-refractivity contribution in [3.63, 3.8) is 0 Å². The molecule has 4 nitrogen and oxygen atoms in total. The maximum absolute atomic E-state index is 4.38. The lowest BCUT2D eigenvalue weighted by Gasteiger charge is -2.06. The van der Waals surface area contributed by atoms with Gasteiger partial charge in [0.25, 0.3) is 0 Å². The summed E-state index contributed by atoms with van der Waals surface area (Å²) in [5.74, 6) is 1.51. The van der Waals surface area contributed by atoms with Crippen molar-refractivity contribution in [1.82, 2.24) is 19.9 Å². The predicted molar refractivity (Wildman–Crippen MR) is 61.1 cm³/mol. The van der Waals surface area contributed by atoms with Gasteiger partial charge in [-0.15, -0.1) is 11.8 Å². The molecule has 0 radical (unpaired) electrons. The molecule has 0 N–H and O–H groups in total. The van der Waals surface area contributed by atoms with Crippen molar-refractivity contribution in [1.29, 1.82) is 0 Å². The smallest absolute Gasteiger partial charge is 0.167 e. The maximum Gasteiger partial charge on any atom is 0.167 e. The molecule has 0 amide bonds. The fourth-order valence-electron chi connectivity index (χ4n) is 1.55. The van der Waals surface area contributed by atoms with Gasteiger partial charge in [0.15, 0.2) is 5.65 Å². The lowest BCUT2D eigenvalue weighted by molar-refractivity contribution is 0.957. The monoisotopic (exact) mass is 220 g/mol. The van der Waals surface area contributed by atoms with Gasteiger partial charge in [-0.3, -0.25) is 0 Å². The molecule has 0 spiro atoms. The SMILES string of the molecule is CSc1nc(C)nc2nc(C)nc(C)c12. The van der Waals surface area contributed by atoms with Crippen molar-refractivity contribution in [3.8, 4) is 0 Å². The third kappa shape index (κ3) is 1.79. The molecular weight excluding hydrogens is 208 g/mol. The second-order valence-electron chi connectivity index (χ2n) is 3.33. The number of nitrogens with zero attached hydrogens (tertiary/aromatic N) is 4. The highest BCUT2D eigenvalue weighted by Crippen LogP contribution is 2.24. The molecule has 0 unspecified atom stereocenters. The van der Waals surface area contributed by atoms with Crippen LogP contribution in [0.4, 0.5) is 0 Å². The van der Waals surface area contributed by atoms with Crippen LogP contribution in [0.2, 0.25) is 0 Å². The standard InChI is InChI=1S/C10H12N4S/c1-5-8-9(12-6(2)11-5)13-7(3)14-10(8)15-4/h1-4H3. The van der Waals surface area contributed by atoms with Gasteiger partial charge in [-0.2, -0.15) is 0 Å². The van der Waals surface area contributed by atoms with Gasteiger partial charge in [0.1, 0.15) is 16.7 Å². The number of aromatic nitrogens is 4. The van der Waals surface area contributed by atoms with Crippen LogP contribution in [-0.2, 0) is 0 Å². The van der Waals surface area contributed by atoms with E-state index < -0.39 is 0 Å². The number of fused-ring (bicyclic) bond motifs is 1. The van der Waals surface area contributed by atoms with Gasteiger partial charge in [-0.05, 0) is 27.0 Å². The first-order chi connectivity index (χ1) is 7.11. The molecule has 0 atom stereocenters. The molecule has 0 fully saturated rings. The molecule has 2 heterocycles. The molecule has 0 aromatic carbocycles. The van der Waals surface area contributed by atoms with Crippen LogP contribution in [0.15, 0.2) is 5.03 Å². The minimum absolute atomic E-state index is 0.747. The van der Waals surface area contributed by atoms with Crippen LogP contribution in [0.1, 0.15) is 17.3 Å².